The smallest absolute Gasteiger partial charge is 0.137 e. The third-order valence-corrected chi connectivity index (χ3v) is 3.39. The largest absolute Gasteiger partial charge is 0.383 e. The molecule has 1 heterocycles. The Morgan fingerprint density at radius 3 is 2.55 bits per heavy atom. The van der Waals surface area contributed by atoms with Gasteiger partial charge in [-0.05, 0) is 19.3 Å². The number of ether oxygens (including phenoxy) is 1. The summed E-state index contributed by atoms with van der Waals surface area (Å²) < 4.78 is 5.24. The summed E-state index contributed by atoms with van der Waals surface area (Å²) in [5.74, 6) is 2.30. The number of aromatic nitrogens is 2. The summed E-state index contributed by atoms with van der Waals surface area (Å²) in [4.78, 5) is 11.1. The Morgan fingerprint density at radius 2 is 2.00 bits per heavy atom. The predicted octanol–water partition coefficient (Wildman–Crippen LogP) is 2.89. The van der Waals surface area contributed by atoms with E-state index in [0.717, 1.165) is 24.6 Å². The minimum absolute atomic E-state index is 0.270. The van der Waals surface area contributed by atoms with Gasteiger partial charge >= 0.3 is 0 Å². The minimum atomic E-state index is 0.270. The van der Waals surface area contributed by atoms with Gasteiger partial charge in [0.1, 0.15) is 18.0 Å². The van der Waals surface area contributed by atoms with Crippen molar-refractivity contribution in [2.75, 3.05) is 37.5 Å². The van der Waals surface area contributed by atoms with E-state index >= 15 is 0 Å². The van der Waals surface area contributed by atoms with Crippen molar-refractivity contribution >= 4 is 11.6 Å². The van der Waals surface area contributed by atoms with Gasteiger partial charge in [0.25, 0.3) is 0 Å². The molecular weight excluding hydrogens is 252 g/mol. The molecule has 0 aliphatic heterocycles. The van der Waals surface area contributed by atoms with Crippen molar-refractivity contribution in [2.24, 2.45) is 0 Å². The Hall–Kier alpha value is -1.36. The summed E-state index contributed by atoms with van der Waals surface area (Å²) in [6.07, 6.45) is 2.71. The Morgan fingerprint density at radius 1 is 1.30 bits per heavy atom. The molecule has 0 saturated heterocycles. The SMILES string of the molecule is CCCNc1ncnc(N(C)C(C)COC)c1C(C)C. The lowest BCUT2D eigenvalue weighted by Gasteiger charge is -2.29. The Bertz CT molecular complexity index is 409. The van der Waals surface area contributed by atoms with Gasteiger partial charge in [0, 0.05) is 26.3 Å². The van der Waals surface area contributed by atoms with Crippen LogP contribution in [0.1, 0.15) is 45.6 Å². The third-order valence-electron chi connectivity index (χ3n) is 3.39. The molecule has 0 aromatic carbocycles. The fourth-order valence-corrected chi connectivity index (χ4v) is 2.15. The quantitative estimate of drug-likeness (QED) is 0.793. The van der Waals surface area contributed by atoms with Crippen LogP contribution in [0.5, 0.6) is 0 Å². The van der Waals surface area contributed by atoms with E-state index in [1.54, 1.807) is 13.4 Å². The third kappa shape index (κ3) is 4.07. The van der Waals surface area contributed by atoms with Crippen LogP contribution >= 0.6 is 0 Å². The molecule has 0 saturated carbocycles. The summed E-state index contributed by atoms with van der Waals surface area (Å²) in [5, 5.41) is 3.40. The second-order valence-electron chi connectivity index (χ2n) is 5.46. The number of anilines is 2. The van der Waals surface area contributed by atoms with Gasteiger partial charge in [0.05, 0.1) is 12.6 Å². The molecule has 0 amide bonds. The van der Waals surface area contributed by atoms with Crippen molar-refractivity contribution in [3.8, 4) is 0 Å². The van der Waals surface area contributed by atoms with E-state index in [0.29, 0.717) is 12.5 Å². The number of nitrogens with one attached hydrogen (secondary N) is 1. The number of nitrogens with zero attached hydrogens (tertiary/aromatic N) is 3. The van der Waals surface area contributed by atoms with Gasteiger partial charge in [-0.25, -0.2) is 9.97 Å². The van der Waals surface area contributed by atoms with Crippen molar-refractivity contribution in [2.45, 2.75) is 46.1 Å². The van der Waals surface area contributed by atoms with Crippen LogP contribution in [0.15, 0.2) is 6.33 Å². The van der Waals surface area contributed by atoms with Gasteiger partial charge in [-0.3, -0.25) is 0 Å². The zero-order chi connectivity index (χ0) is 15.1. The summed E-state index contributed by atoms with van der Waals surface area (Å²) in [6, 6.07) is 0.270. The first kappa shape index (κ1) is 16.7. The molecule has 1 atom stereocenters. The zero-order valence-corrected chi connectivity index (χ0v) is 13.6. The molecule has 0 radical (unpaired) electrons. The molecule has 0 fully saturated rings. The zero-order valence-electron chi connectivity index (χ0n) is 13.6. The second kappa shape index (κ2) is 8.04. The van der Waals surface area contributed by atoms with E-state index < -0.39 is 0 Å². The fourth-order valence-electron chi connectivity index (χ4n) is 2.15. The predicted molar refractivity (Wildman–Crippen MR) is 84.6 cm³/mol. The molecule has 0 spiro atoms. The van der Waals surface area contributed by atoms with Crippen LogP contribution in [0, 0.1) is 0 Å². The Kier molecular flexibility index (Phi) is 6.71. The maximum Gasteiger partial charge on any atom is 0.137 e. The Balaban J connectivity index is 3.11. The van der Waals surface area contributed by atoms with Crippen LogP contribution in [0.2, 0.25) is 0 Å². The molecule has 1 rings (SSSR count). The van der Waals surface area contributed by atoms with Gasteiger partial charge in [-0.2, -0.15) is 0 Å². The van der Waals surface area contributed by atoms with Gasteiger partial charge in [0.2, 0.25) is 0 Å². The van der Waals surface area contributed by atoms with E-state index in [-0.39, 0.29) is 6.04 Å². The number of likely N-dealkylation sites (N-methyl/N-ethyl adjacent to an activating group) is 1. The van der Waals surface area contributed by atoms with Crippen LogP contribution in [0.25, 0.3) is 0 Å². The monoisotopic (exact) mass is 280 g/mol. The van der Waals surface area contributed by atoms with Gasteiger partial charge < -0.3 is 15.0 Å². The molecule has 0 aliphatic carbocycles. The highest BCUT2D eigenvalue weighted by molar-refractivity contribution is 5.60. The minimum Gasteiger partial charge on any atom is -0.383 e. The second-order valence-corrected chi connectivity index (χ2v) is 5.46. The van der Waals surface area contributed by atoms with Crippen molar-refractivity contribution in [3.05, 3.63) is 11.9 Å². The molecule has 0 bridgehead atoms. The molecule has 114 valence electrons. The van der Waals surface area contributed by atoms with Crippen LogP contribution in [-0.2, 0) is 4.74 Å². The number of rotatable bonds is 8. The van der Waals surface area contributed by atoms with E-state index in [9.17, 15) is 0 Å². The molecule has 5 nitrogen and oxygen atoms in total. The maximum atomic E-state index is 5.24. The van der Waals surface area contributed by atoms with Crippen LogP contribution in [0.3, 0.4) is 0 Å². The molecule has 1 unspecified atom stereocenters. The van der Waals surface area contributed by atoms with E-state index in [2.05, 4.69) is 54.9 Å². The summed E-state index contributed by atoms with van der Waals surface area (Å²) >= 11 is 0. The molecule has 20 heavy (non-hydrogen) atoms. The van der Waals surface area contributed by atoms with E-state index in [1.807, 2.05) is 0 Å². The van der Waals surface area contributed by atoms with Gasteiger partial charge in [-0.15, -0.1) is 0 Å². The van der Waals surface area contributed by atoms with Crippen molar-refractivity contribution < 1.29 is 4.74 Å². The van der Waals surface area contributed by atoms with Crippen LogP contribution in [-0.4, -0.2) is 43.3 Å². The molecule has 0 aliphatic rings. The van der Waals surface area contributed by atoms with Gasteiger partial charge in [-0.1, -0.05) is 20.8 Å². The molecule has 1 N–H and O–H groups in total. The lowest BCUT2D eigenvalue weighted by molar-refractivity contribution is 0.183. The normalized spacial score (nSPS) is 12.6. The topological polar surface area (TPSA) is 50.3 Å². The number of methoxy groups -OCH3 is 1. The first-order valence-corrected chi connectivity index (χ1v) is 7.33. The average molecular weight is 280 g/mol. The summed E-state index contributed by atoms with van der Waals surface area (Å²) in [7, 11) is 3.78. The summed E-state index contributed by atoms with van der Waals surface area (Å²) in [6.45, 7) is 10.2. The van der Waals surface area contributed by atoms with Gasteiger partial charge in [0.15, 0.2) is 0 Å². The molecule has 5 heteroatoms. The molecule has 1 aromatic rings. The number of hydrogen-bond acceptors (Lipinski definition) is 5. The summed E-state index contributed by atoms with van der Waals surface area (Å²) in [5.41, 5.74) is 1.17. The maximum absolute atomic E-state index is 5.24. The Labute approximate surface area is 122 Å². The highest BCUT2D eigenvalue weighted by Gasteiger charge is 2.20. The van der Waals surface area contributed by atoms with E-state index in [1.165, 1.54) is 5.56 Å². The van der Waals surface area contributed by atoms with Crippen molar-refractivity contribution in [3.63, 3.8) is 0 Å². The lowest BCUT2D eigenvalue weighted by atomic mass is 10.0. The van der Waals surface area contributed by atoms with Crippen molar-refractivity contribution in [1.82, 2.24) is 9.97 Å². The first-order chi connectivity index (χ1) is 9.52. The van der Waals surface area contributed by atoms with Crippen LogP contribution in [0.4, 0.5) is 11.6 Å². The highest BCUT2D eigenvalue weighted by atomic mass is 16.5. The molecule has 1 aromatic heterocycles. The average Bonchev–Trinajstić information content (AvgIpc) is 2.43. The lowest BCUT2D eigenvalue weighted by Crippen LogP contribution is -2.34. The van der Waals surface area contributed by atoms with Crippen LogP contribution < -0.4 is 10.2 Å². The van der Waals surface area contributed by atoms with Crippen molar-refractivity contribution in [1.29, 1.82) is 0 Å². The standard InChI is InChI=1S/C15H28N4O/c1-7-8-16-14-13(11(2)3)15(18-10-17-14)19(5)12(4)9-20-6/h10-12H,7-9H2,1-6H3,(H,16,17,18). The van der Waals surface area contributed by atoms with E-state index in [4.69, 9.17) is 4.74 Å². The highest BCUT2D eigenvalue weighted by Crippen LogP contribution is 2.31. The molecular formula is C15H28N4O. The fraction of sp³-hybridized carbons (Fsp3) is 0.733. The number of hydrogen-bond donors (Lipinski definition) is 1. The first-order valence-electron chi connectivity index (χ1n) is 7.33.